The van der Waals surface area contributed by atoms with Gasteiger partial charge in [-0.1, -0.05) is 0 Å². The summed E-state index contributed by atoms with van der Waals surface area (Å²) in [5.41, 5.74) is 5.70. The molecule has 2 unspecified atom stereocenters. The van der Waals surface area contributed by atoms with E-state index in [2.05, 4.69) is 0 Å². The Morgan fingerprint density at radius 2 is 2.11 bits per heavy atom. The molecule has 2 amide bonds. The molecule has 1 aliphatic rings. The molecule has 0 aromatic heterocycles. The maximum Gasteiger partial charge on any atom is 0.244 e. The standard InChI is InChI=1S/C11H21N3O3.ClH/c1-13(2)11(16)9-5-4-6-14(9)10(15)8(12)7-17-3;/h8-9H,4-7,12H2,1-3H3;1H. The van der Waals surface area contributed by atoms with Crippen molar-refractivity contribution < 1.29 is 14.3 Å². The van der Waals surface area contributed by atoms with Crippen LogP contribution in [0.1, 0.15) is 12.8 Å². The molecule has 1 saturated heterocycles. The van der Waals surface area contributed by atoms with Gasteiger partial charge in [-0.15, -0.1) is 12.4 Å². The first kappa shape index (κ1) is 17.2. The van der Waals surface area contributed by atoms with Crippen molar-refractivity contribution >= 4 is 24.2 Å². The molecule has 0 spiro atoms. The van der Waals surface area contributed by atoms with Crippen molar-refractivity contribution in [1.82, 2.24) is 9.80 Å². The molecule has 1 heterocycles. The zero-order chi connectivity index (χ0) is 13.0. The number of ether oxygens (including phenoxy) is 1. The number of halogens is 1. The Morgan fingerprint density at radius 3 is 2.61 bits per heavy atom. The summed E-state index contributed by atoms with van der Waals surface area (Å²) in [5.74, 6) is -0.245. The molecule has 0 aromatic rings. The van der Waals surface area contributed by atoms with Gasteiger partial charge in [-0.3, -0.25) is 9.59 Å². The van der Waals surface area contributed by atoms with Gasteiger partial charge in [-0.25, -0.2) is 0 Å². The lowest BCUT2D eigenvalue weighted by atomic mass is 10.2. The number of nitrogens with two attached hydrogens (primary N) is 1. The van der Waals surface area contributed by atoms with Crippen molar-refractivity contribution in [3.63, 3.8) is 0 Å². The van der Waals surface area contributed by atoms with E-state index in [0.29, 0.717) is 13.0 Å². The highest BCUT2D eigenvalue weighted by molar-refractivity contribution is 5.90. The van der Waals surface area contributed by atoms with Gasteiger partial charge < -0.3 is 20.3 Å². The fourth-order valence-corrected chi connectivity index (χ4v) is 2.05. The Kier molecular flexibility index (Phi) is 7.20. The first-order valence-electron chi connectivity index (χ1n) is 5.75. The second-order valence-electron chi connectivity index (χ2n) is 4.48. The van der Waals surface area contributed by atoms with Crippen LogP contribution in [0.3, 0.4) is 0 Å². The lowest BCUT2D eigenvalue weighted by molar-refractivity contribution is -0.143. The van der Waals surface area contributed by atoms with Crippen molar-refractivity contribution in [1.29, 1.82) is 0 Å². The Labute approximate surface area is 114 Å². The summed E-state index contributed by atoms with van der Waals surface area (Å²) in [7, 11) is 4.89. The van der Waals surface area contributed by atoms with Crippen LogP contribution >= 0.6 is 12.4 Å². The highest BCUT2D eigenvalue weighted by atomic mass is 35.5. The van der Waals surface area contributed by atoms with Gasteiger partial charge in [0.05, 0.1) is 6.61 Å². The van der Waals surface area contributed by atoms with Gasteiger partial charge in [-0.2, -0.15) is 0 Å². The largest absolute Gasteiger partial charge is 0.383 e. The summed E-state index contributed by atoms with van der Waals surface area (Å²) >= 11 is 0. The molecule has 1 fully saturated rings. The Balaban J connectivity index is 0.00000289. The minimum Gasteiger partial charge on any atom is -0.383 e. The number of hydrogen-bond donors (Lipinski definition) is 1. The fraction of sp³-hybridized carbons (Fsp3) is 0.818. The zero-order valence-corrected chi connectivity index (χ0v) is 11.9. The lowest BCUT2D eigenvalue weighted by Crippen LogP contribution is -2.52. The first-order chi connectivity index (χ1) is 7.99. The van der Waals surface area contributed by atoms with E-state index in [1.165, 1.54) is 12.0 Å². The topological polar surface area (TPSA) is 75.9 Å². The Hall–Kier alpha value is -0.850. The Morgan fingerprint density at radius 1 is 1.50 bits per heavy atom. The van der Waals surface area contributed by atoms with Crippen molar-refractivity contribution in [3.8, 4) is 0 Å². The number of methoxy groups -OCH3 is 1. The number of rotatable bonds is 4. The van der Waals surface area contributed by atoms with Crippen LogP contribution in [-0.4, -0.2) is 68.1 Å². The summed E-state index contributed by atoms with van der Waals surface area (Å²) in [6, 6.07) is -1.05. The summed E-state index contributed by atoms with van der Waals surface area (Å²) in [4.78, 5) is 27.0. The van der Waals surface area contributed by atoms with Crippen LogP contribution in [0.5, 0.6) is 0 Å². The van der Waals surface area contributed by atoms with E-state index >= 15 is 0 Å². The SMILES string of the molecule is COCC(N)C(=O)N1CCCC1C(=O)N(C)C.Cl. The molecule has 18 heavy (non-hydrogen) atoms. The van der Waals surface area contributed by atoms with E-state index < -0.39 is 6.04 Å². The number of likely N-dealkylation sites (N-methyl/N-ethyl adjacent to an activating group) is 1. The maximum atomic E-state index is 12.0. The van der Waals surface area contributed by atoms with Crippen LogP contribution in [0.15, 0.2) is 0 Å². The number of carbonyl (C=O) groups excluding carboxylic acids is 2. The van der Waals surface area contributed by atoms with E-state index in [0.717, 1.165) is 6.42 Å². The van der Waals surface area contributed by atoms with Gasteiger partial charge in [-0.05, 0) is 12.8 Å². The van der Waals surface area contributed by atoms with Gasteiger partial charge in [0.25, 0.3) is 0 Å². The lowest BCUT2D eigenvalue weighted by Gasteiger charge is -2.28. The molecule has 2 N–H and O–H groups in total. The molecule has 0 radical (unpaired) electrons. The van der Waals surface area contributed by atoms with E-state index in [4.69, 9.17) is 10.5 Å². The highest BCUT2D eigenvalue weighted by Gasteiger charge is 2.36. The molecule has 1 aliphatic heterocycles. The number of nitrogens with zero attached hydrogens (tertiary/aromatic N) is 2. The molecule has 6 nitrogen and oxygen atoms in total. The van der Waals surface area contributed by atoms with E-state index in [1.807, 2.05) is 0 Å². The molecule has 0 aromatic carbocycles. The van der Waals surface area contributed by atoms with Gasteiger partial charge in [0.2, 0.25) is 11.8 Å². The number of likely N-dealkylation sites (tertiary alicyclic amines) is 1. The number of carbonyl (C=O) groups is 2. The van der Waals surface area contributed by atoms with E-state index in [9.17, 15) is 9.59 Å². The van der Waals surface area contributed by atoms with Gasteiger partial charge in [0.1, 0.15) is 12.1 Å². The molecular weight excluding hydrogens is 258 g/mol. The summed E-state index contributed by atoms with van der Waals surface area (Å²) < 4.78 is 4.86. The smallest absolute Gasteiger partial charge is 0.244 e. The second kappa shape index (κ2) is 7.56. The van der Waals surface area contributed by atoms with Gasteiger partial charge in [0, 0.05) is 27.7 Å². The van der Waals surface area contributed by atoms with Crippen molar-refractivity contribution in [2.75, 3.05) is 34.4 Å². The fourth-order valence-electron chi connectivity index (χ4n) is 2.05. The molecular formula is C11H22ClN3O3. The molecule has 106 valence electrons. The molecule has 2 atom stereocenters. The third kappa shape index (κ3) is 3.83. The van der Waals surface area contributed by atoms with Crippen LogP contribution in [-0.2, 0) is 14.3 Å². The first-order valence-corrected chi connectivity index (χ1v) is 5.75. The molecule has 0 saturated carbocycles. The summed E-state index contributed by atoms with van der Waals surface area (Å²) in [5, 5.41) is 0. The van der Waals surface area contributed by atoms with Crippen LogP contribution in [0, 0.1) is 0 Å². The van der Waals surface area contributed by atoms with Gasteiger partial charge >= 0.3 is 0 Å². The van der Waals surface area contributed by atoms with Crippen LogP contribution in [0.2, 0.25) is 0 Å². The second-order valence-corrected chi connectivity index (χ2v) is 4.48. The molecule has 7 heteroatoms. The molecule has 1 rings (SSSR count). The predicted molar refractivity (Wildman–Crippen MR) is 70.5 cm³/mol. The average molecular weight is 280 g/mol. The third-order valence-electron chi connectivity index (χ3n) is 2.93. The zero-order valence-electron chi connectivity index (χ0n) is 11.1. The predicted octanol–water partition coefficient (Wildman–Crippen LogP) is -0.539. The number of hydrogen-bond acceptors (Lipinski definition) is 4. The quantitative estimate of drug-likeness (QED) is 0.750. The monoisotopic (exact) mass is 279 g/mol. The van der Waals surface area contributed by atoms with Crippen LogP contribution in [0.4, 0.5) is 0 Å². The van der Waals surface area contributed by atoms with Crippen LogP contribution in [0.25, 0.3) is 0 Å². The van der Waals surface area contributed by atoms with Crippen molar-refractivity contribution in [3.05, 3.63) is 0 Å². The summed E-state index contributed by atoms with van der Waals surface area (Å²) in [6.07, 6.45) is 1.55. The minimum absolute atomic E-state index is 0. The third-order valence-corrected chi connectivity index (χ3v) is 2.93. The number of amides is 2. The van der Waals surface area contributed by atoms with Crippen molar-refractivity contribution in [2.45, 2.75) is 24.9 Å². The van der Waals surface area contributed by atoms with E-state index in [1.54, 1.807) is 19.0 Å². The van der Waals surface area contributed by atoms with Gasteiger partial charge in [0.15, 0.2) is 0 Å². The highest BCUT2D eigenvalue weighted by Crippen LogP contribution is 2.19. The molecule has 0 aliphatic carbocycles. The maximum absolute atomic E-state index is 12.0. The summed E-state index contributed by atoms with van der Waals surface area (Å²) in [6.45, 7) is 0.776. The minimum atomic E-state index is -0.685. The van der Waals surface area contributed by atoms with Crippen LogP contribution < -0.4 is 5.73 Å². The average Bonchev–Trinajstić information content (AvgIpc) is 2.75. The normalized spacial score (nSPS) is 20.2. The van der Waals surface area contributed by atoms with Crippen molar-refractivity contribution in [2.24, 2.45) is 5.73 Å². The Bertz CT molecular complexity index is 299. The van der Waals surface area contributed by atoms with E-state index in [-0.39, 0.29) is 36.9 Å². The molecule has 0 bridgehead atoms.